The molecule has 4 aliphatic rings. The molecule has 0 amide bonds. The second kappa shape index (κ2) is 15.0. The molecule has 0 spiro atoms. The summed E-state index contributed by atoms with van der Waals surface area (Å²) in [4.78, 5) is 0. The van der Waals surface area contributed by atoms with Crippen LogP contribution in [-0.4, -0.2) is 43.2 Å². The molecule has 4 rings (SSSR count). The van der Waals surface area contributed by atoms with Gasteiger partial charge in [-0.15, -0.1) is 0 Å². The van der Waals surface area contributed by atoms with Crippen LogP contribution in [0.5, 0.6) is 0 Å². The molecule has 0 radical (unpaired) electrons. The Morgan fingerprint density at radius 3 is 1.84 bits per heavy atom. The van der Waals surface area contributed by atoms with Crippen LogP contribution in [0.15, 0.2) is 0 Å². The van der Waals surface area contributed by atoms with Gasteiger partial charge >= 0.3 is 6.18 Å². The van der Waals surface area contributed by atoms with Crippen molar-refractivity contribution in [3.8, 4) is 0 Å². The molecule has 8 atom stereocenters. The summed E-state index contributed by atoms with van der Waals surface area (Å²) in [6.45, 7) is 14.7. The van der Waals surface area contributed by atoms with Gasteiger partial charge in [0.05, 0.1) is 6.42 Å². The van der Waals surface area contributed by atoms with E-state index in [1.807, 2.05) is 13.8 Å². The van der Waals surface area contributed by atoms with Crippen LogP contribution >= 0.6 is 0 Å². The van der Waals surface area contributed by atoms with Gasteiger partial charge in [-0.2, -0.15) is 13.2 Å². The van der Waals surface area contributed by atoms with Gasteiger partial charge in [0.2, 0.25) is 0 Å². The van der Waals surface area contributed by atoms with E-state index in [1.165, 1.54) is 52.0 Å². The maximum Gasteiger partial charge on any atom is 0.389 e. The Balaban J connectivity index is 0.00000157. The molecular formula is C31H63F3N2O2. The number of aliphatic hydroxyl groups excluding tert-OH is 2. The average molecular weight is 553 g/mol. The Morgan fingerprint density at radius 1 is 0.816 bits per heavy atom. The molecule has 0 aliphatic heterocycles. The Labute approximate surface area is 232 Å². The minimum Gasteiger partial charge on any atom is -0.400 e. The lowest BCUT2D eigenvalue weighted by Gasteiger charge is -2.63. The minimum atomic E-state index is -4.16. The van der Waals surface area contributed by atoms with Crippen LogP contribution in [0, 0.1) is 45.8 Å². The first-order valence-corrected chi connectivity index (χ1v) is 15.1. The topological polar surface area (TPSA) is 92.5 Å². The van der Waals surface area contributed by atoms with Crippen molar-refractivity contribution in [2.75, 3.05) is 21.3 Å². The van der Waals surface area contributed by atoms with Crippen molar-refractivity contribution in [2.24, 2.45) is 57.3 Å². The highest BCUT2D eigenvalue weighted by molar-refractivity contribution is 5.19. The molecule has 4 aliphatic carbocycles. The van der Waals surface area contributed by atoms with Gasteiger partial charge in [-0.25, -0.2) is 0 Å². The van der Waals surface area contributed by atoms with Crippen LogP contribution in [0.1, 0.15) is 119 Å². The summed E-state index contributed by atoms with van der Waals surface area (Å²) < 4.78 is 40.3. The number of aliphatic hydroxyl groups is 2. The van der Waals surface area contributed by atoms with E-state index < -0.39 is 23.6 Å². The normalized spacial score (nSPS) is 39.6. The fourth-order valence-corrected chi connectivity index (χ4v) is 9.56. The molecule has 0 aromatic carbocycles. The molecule has 230 valence electrons. The van der Waals surface area contributed by atoms with Crippen molar-refractivity contribution in [1.82, 2.24) is 0 Å². The fraction of sp³-hybridized carbons (Fsp3) is 1.00. The molecular weight excluding hydrogens is 489 g/mol. The molecule has 0 aromatic rings. The van der Waals surface area contributed by atoms with Crippen LogP contribution in [0.3, 0.4) is 0 Å². The standard InChI is InChI=1S/C26H44F3N.C2H6.CH5N.2CH4O/c1-6-17-9-12-23(4)18(15-17)7-8-19-20(23)10-13-24(5)21(19)11-14-25(24,30)22(2,3)16-26(27,28)29;4*1-2/h17-21H,6-16,30H2,1-5H3;1-2H3;2H2,1H3;2*2H,1H3. The van der Waals surface area contributed by atoms with E-state index in [1.54, 1.807) is 13.8 Å². The quantitative estimate of drug-likeness (QED) is 0.291. The smallest absolute Gasteiger partial charge is 0.389 e. The molecule has 4 fully saturated rings. The third kappa shape index (κ3) is 6.91. The number of fused-ring (bicyclic) bond motifs is 5. The summed E-state index contributed by atoms with van der Waals surface area (Å²) in [5.74, 6) is 3.67. The molecule has 4 saturated carbocycles. The Bertz CT molecular complexity index is 674. The van der Waals surface area contributed by atoms with Crippen LogP contribution in [0.2, 0.25) is 0 Å². The summed E-state index contributed by atoms with van der Waals surface area (Å²) in [5, 5.41) is 14.0. The number of rotatable bonds is 3. The lowest BCUT2D eigenvalue weighted by Crippen LogP contribution is -2.65. The van der Waals surface area contributed by atoms with Gasteiger partial charge < -0.3 is 21.7 Å². The van der Waals surface area contributed by atoms with E-state index in [4.69, 9.17) is 15.9 Å². The number of nitrogens with two attached hydrogens (primary N) is 2. The van der Waals surface area contributed by atoms with E-state index in [9.17, 15) is 13.2 Å². The summed E-state index contributed by atoms with van der Waals surface area (Å²) in [6, 6.07) is 0. The van der Waals surface area contributed by atoms with Crippen molar-refractivity contribution in [3.63, 3.8) is 0 Å². The Kier molecular flexibility index (Phi) is 14.9. The molecule has 6 N–H and O–H groups in total. The molecule has 0 aromatic heterocycles. The summed E-state index contributed by atoms with van der Waals surface area (Å²) in [6.07, 6.45) is 7.05. The zero-order valence-electron chi connectivity index (χ0n) is 26.3. The number of halogens is 3. The molecule has 0 bridgehead atoms. The van der Waals surface area contributed by atoms with Crippen molar-refractivity contribution >= 4 is 0 Å². The monoisotopic (exact) mass is 552 g/mol. The summed E-state index contributed by atoms with van der Waals surface area (Å²) in [5.41, 5.74) is 10.2. The molecule has 0 saturated heterocycles. The lowest BCUT2D eigenvalue weighted by atomic mass is 9.42. The maximum absolute atomic E-state index is 13.4. The number of alkyl halides is 3. The first-order valence-electron chi connectivity index (χ1n) is 15.1. The Morgan fingerprint density at radius 2 is 1.34 bits per heavy atom. The molecule has 38 heavy (non-hydrogen) atoms. The fourth-order valence-electron chi connectivity index (χ4n) is 9.56. The van der Waals surface area contributed by atoms with Crippen molar-refractivity contribution in [3.05, 3.63) is 0 Å². The van der Waals surface area contributed by atoms with Crippen molar-refractivity contribution in [1.29, 1.82) is 0 Å². The van der Waals surface area contributed by atoms with Gasteiger partial charge in [-0.05, 0) is 111 Å². The number of hydrogen-bond acceptors (Lipinski definition) is 4. The van der Waals surface area contributed by atoms with Gasteiger partial charge in [-0.1, -0.05) is 54.9 Å². The predicted octanol–water partition coefficient (Wildman–Crippen LogP) is 7.55. The van der Waals surface area contributed by atoms with E-state index in [0.29, 0.717) is 17.3 Å². The van der Waals surface area contributed by atoms with Crippen molar-refractivity contribution < 1.29 is 23.4 Å². The zero-order valence-corrected chi connectivity index (χ0v) is 26.3. The third-order valence-electron chi connectivity index (χ3n) is 11.5. The second-order valence-corrected chi connectivity index (χ2v) is 12.8. The molecule has 0 heterocycles. The largest absolute Gasteiger partial charge is 0.400 e. The predicted molar refractivity (Wildman–Crippen MR) is 155 cm³/mol. The highest BCUT2D eigenvalue weighted by Crippen LogP contribution is 2.70. The van der Waals surface area contributed by atoms with Crippen LogP contribution < -0.4 is 11.5 Å². The maximum atomic E-state index is 13.4. The van der Waals surface area contributed by atoms with E-state index >= 15 is 0 Å². The molecule has 4 nitrogen and oxygen atoms in total. The van der Waals surface area contributed by atoms with Gasteiger partial charge in [0, 0.05) is 19.8 Å². The molecule has 8 unspecified atom stereocenters. The first kappa shape index (κ1) is 37.6. The highest BCUT2D eigenvalue weighted by Gasteiger charge is 2.67. The Hall–Kier alpha value is -0.370. The first-order chi connectivity index (χ1) is 17.8. The highest BCUT2D eigenvalue weighted by atomic mass is 19.4. The van der Waals surface area contributed by atoms with E-state index in [2.05, 4.69) is 26.5 Å². The van der Waals surface area contributed by atoms with Crippen molar-refractivity contribution in [2.45, 2.75) is 131 Å². The minimum absolute atomic E-state index is 0.174. The average Bonchev–Trinajstić information content (AvgIpc) is 3.19. The van der Waals surface area contributed by atoms with Gasteiger partial charge in [0.25, 0.3) is 0 Å². The second-order valence-electron chi connectivity index (χ2n) is 12.8. The van der Waals surface area contributed by atoms with E-state index in [-0.39, 0.29) is 5.41 Å². The zero-order chi connectivity index (χ0) is 30.2. The van der Waals surface area contributed by atoms with Gasteiger partial charge in [0.1, 0.15) is 0 Å². The van der Waals surface area contributed by atoms with Crippen LogP contribution in [-0.2, 0) is 0 Å². The number of hydrogen-bond donors (Lipinski definition) is 4. The summed E-state index contributed by atoms with van der Waals surface area (Å²) in [7, 11) is 3.50. The lowest BCUT2D eigenvalue weighted by molar-refractivity contribution is -0.178. The van der Waals surface area contributed by atoms with Gasteiger partial charge in [-0.3, -0.25) is 0 Å². The van der Waals surface area contributed by atoms with Crippen LogP contribution in [0.25, 0.3) is 0 Å². The van der Waals surface area contributed by atoms with Gasteiger partial charge in [0.15, 0.2) is 0 Å². The van der Waals surface area contributed by atoms with Crippen LogP contribution in [0.4, 0.5) is 13.2 Å². The summed E-state index contributed by atoms with van der Waals surface area (Å²) >= 11 is 0. The SMILES string of the molecule is CC.CCC1CCC2(C)C(CCC3C2CCC2(C)C3CCC2(N)C(C)(C)CC(F)(F)F)C1.CN.CO.CO. The molecule has 7 heteroatoms. The third-order valence-corrected chi connectivity index (χ3v) is 11.5. The van der Waals surface area contributed by atoms with E-state index in [0.717, 1.165) is 51.2 Å².